The van der Waals surface area contributed by atoms with E-state index in [0.29, 0.717) is 19.5 Å². The van der Waals surface area contributed by atoms with E-state index in [9.17, 15) is 12.8 Å². The molecule has 1 atom stereocenters. The Morgan fingerprint density at radius 3 is 2.52 bits per heavy atom. The average Bonchev–Trinajstić information content (AvgIpc) is 2.31. The van der Waals surface area contributed by atoms with Gasteiger partial charge in [-0.3, -0.25) is 0 Å². The second-order valence-electron chi connectivity index (χ2n) is 5.83. The van der Waals surface area contributed by atoms with Crippen molar-refractivity contribution in [3.8, 4) is 0 Å². The predicted octanol–water partition coefficient (Wildman–Crippen LogP) is 2.65. The van der Waals surface area contributed by atoms with Gasteiger partial charge in [0.25, 0.3) is 0 Å². The molecule has 0 aromatic heterocycles. The molecule has 2 N–H and O–H groups in total. The van der Waals surface area contributed by atoms with Crippen LogP contribution in [0.25, 0.3) is 0 Å². The molecule has 1 aliphatic rings. The summed E-state index contributed by atoms with van der Waals surface area (Å²) in [6, 6.07) is 3.28. The van der Waals surface area contributed by atoms with Crippen molar-refractivity contribution in [1.29, 1.82) is 0 Å². The summed E-state index contributed by atoms with van der Waals surface area (Å²) in [6.07, 6.45) is 0.579. The van der Waals surface area contributed by atoms with Gasteiger partial charge in [-0.15, -0.1) is 12.4 Å². The van der Waals surface area contributed by atoms with Gasteiger partial charge in [0.2, 0.25) is 10.0 Å². The van der Waals surface area contributed by atoms with E-state index in [0.717, 1.165) is 12.1 Å². The van der Waals surface area contributed by atoms with Crippen molar-refractivity contribution in [3.05, 3.63) is 29.0 Å². The smallest absolute Gasteiger partial charge is 0.243 e. The fourth-order valence-corrected chi connectivity index (χ4v) is 4.33. The zero-order chi connectivity index (χ0) is 15.1. The van der Waals surface area contributed by atoms with E-state index in [2.05, 4.69) is 0 Å². The van der Waals surface area contributed by atoms with E-state index in [1.54, 1.807) is 0 Å². The predicted molar refractivity (Wildman–Crippen MR) is 83.8 cm³/mol. The Morgan fingerprint density at radius 2 is 2.00 bits per heavy atom. The molecule has 1 fully saturated rings. The Bertz CT molecular complexity index is 602. The van der Waals surface area contributed by atoms with Crippen LogP contribution in [-0.2, 0) is 10.0 Å². The highest BCUT2D eigenvalue weighted by molar-refractivity contribution is 7.89. The van der Waals surface area contributed by atoms with Crippen molar-refractivity contribution in [1.82, 2.24) is 4.31 Å². The zero-order valence-corrected chi connectivity index (χ0v) is 14.2. The van der Waals surface area contributed by atoms with Gasteiger partial charge in [0.1, 0.15) is 5.82 Å². The molecule has 1 saturated heterocycles. The molecule has 1 aromatic rings. The van der Waals surface area contributed by atoms with Gasteiger partial charge in [0.15, 0.2) is 0 Å². The first-order valence-electron chi connectivity index (χ1n) is 6.35. The van der Waals surface area contributed by atoms with Gasteiger partial charge in [0.05, 0.1) is 4.90 Å². The SMILES string of the molecule is CC1(C)CN(S(=O)(=O)c2cc(F)cc(Cl)c2)CCC1N.Cl. The number of nitrogens with zero attached hydrogens (tertiary/aromatic N) is 1. The zero-order valence-electron chi connectivity index (χ0n) is 11.8. The summed E-state index contributed by atoms with van der Waals surface area (Å²) in [5, 5.41) is 0.0662. The molecule has 1 heterocycles. The topological polar surface area (TPSA) is 63.4 Å². The summed E-state index contributed by atoms with van der Waals surface area (Å²) in [7, 11) is -3.75. The molecular formula is C13H19Cl2FN2O2S. The quantitative estimate of drug-likeness (QED) is 0.885. The van der Waals surface area contributed by atoms with Crippen LogP contribution in [0.15, 0.2) is 23.1 Å². The van der Waals surface area contributed by atoms with Crippen LogP contribution in [0, 0.1) is 11.2 Å². The number of sulfonamides is 1. The number of hydrogen-bond donors (Lipinski definition) is 1. The molecule has 0 saturated carbocycles. The highest BCUT2D eigenvalue weighted by atomic mass is 35.5. The van der Waals surface area contributed by atoms with Gasteiger partial charge in [0, 0.05) is 24.2 Å². The highest BCUT2D eigenvalue weighted by Crippen LogP contribution is 2.32. The molecule has 120 valence electrons. The molecule has 1 unspecified atom stereocenters. The summed E-state index contributed by atoms with van der Waals surface area (Å²) >= 11 is 5.73. The Morgan fingerprint density at radius 1 is 1.38 bits per heavy atom. The third-order valence-corrected chi connectivity index (χ3v) is 5.79. The molecular weight excluding hydrogens is 338 g/mol. The molecule has 8 heteroatoms. The van der Waals surface area contributed by atoms with E-state index in [1.807, 2.05) is 13.8 Å². The maximum absolute atomic E-state index is 13.4. The number of benzene rings is 1. The number of halogens is 3. The highest BCUT2D eigenvalue weighted by Gasteiger charge is 2.38. The van der Waals surface area contributed by atoms with E-state index in [1.165, 1.54) is 10.4 Å². The van der Waals surface area contributed by atoms with Crippen molar-refractivity contribution in [2.24, 2.45) is 11.1 Å². The van der Waals surface area contributed by atoms with Crippen LogP contribution in [-0.4, -0.2) is 31.9 Å². The van der Waals surface area contributed by atoms with Crippen LogP contribution < -0.4 is 5.73 Å². The Hall–Kier alpha value is -0.400. The van der Waals surface area contributed by atoms with E-state index < -0.39 is 15.8 Å². The summed E-state index contributed by atoms with van der Waals surface area (Å²) in [5.41, 5.74) is 5.69. The second-order valence-corrected chi connectivity index (χ2v) is 8.20. The second kappa shape index (κ2) is 6.38. The number of hydrogen-bond acceptors (Lipinski definition) is 3. The van der Waals surface area contributed by atoms with Crippen LogP contribution in [0.4, 0.5) is 4.39 Å². The largest absolute Gasteiger partial charge is 0.327 e. The molecule has 0 aliphatic carbocycles. The first-order valence-corrected chi connectivity index (χ1v) is 8.16. The van der Waals surface area contributed by atoms with Crippen LogP contribution in [0.2, 0.25) is 5.02 Å². The lowest BCUT2D eigenvalue weighted by molar-refractivity contribution is 0.155. The third-order valence-electron chi connectivity index (χ3n) is 3.75. The van der Waals surface area contributed by atoms with Gasteiger partial charge in [-0.25, -0.2) is 12.8 Å². The van der Waals surface area contributed by atoms with E-state index in [-0.39, 0.29) is 33.8 Å². The van der Waals surface area contributed by atoms with Crippen molar-refractivity contribution in [2.75, 3.05) is 13.1 Å². The minimum atomic E-state index is -3.75. The maximum Gasteiger partial charge on any atom is 0.243 e. The fraction of sp³-hybridized carbons (Fsp3) is 0.538. The summed E-state index contributed by atoms with van der Waals surface area (Å²) in [6.45, 7) is 4.50. The van der Waals surface area contributed by atoms with Crippen LogP contribution >= 0.6 is 24.0 Å². The summed E-state index contributed by atoms with van der Waals surface area (Å²) < 4.78 is 39.8. The van der Waals surface area contributed by atoms with Gasteiger partial charge in [-0.1, -0.05) is 25.4 Å². The van der Waals surface area contributed by atoms with Crippen molar-refractivity contribution >= 4 is 34.0 Å². The number of nitrogens with two attached hydrogens (primary N) is 1. The van der Waals surface area contributed by atoms with Gasteiger partial charge < -0.3 is 5.73 Å². The minimum absolute atomic E-state index is 0. The third kappa shape index (κ3) is 3.87. The fourth-order valence-electron chi connectivity index (χ4n) is 2.36. The lowest BCUT2D eigenvalue weighted by Crippen LogP contribution is -2.53. The molecule has 2 rings (SSSR count). The molecule has 0 radical (unpaired) electrons. The van der Waals surface area contributed by atoms with Gasteiger partial charge in [-0.05, 0) is 30.0 Å². The first kappa shape index (κ1) is 18.6. The molecule has 4 nitrogen and oxygen atoms in total. The number of piperidine rings is 1. The molecule has 21 heavy (non-hydrogen) atoms. The molecule has 1 aromatic carbocycles. The van der Waals surface area contributed by atoms with Crippen LogP contribution in [0.5, 0.6) is 0 Å². The van der Waals surface area contributed by atoms with E-state index >= 15 is 0 Å². The van der Waals surface area contributed by atoms with Crippen molar-refractivity contribution < 1.29 is 12.8 Å². The molecule has 0 bridgehead atoms. The lowest BCUT2D eigenvalue weighted by atomic mass is 9.81. The Balaban J connectivity index is 0.00000220. The minimum Gasteiger partial charge on any atom is -0.327 e. The molecule has 0 amide bonds. The standard InChI is InChI=1S/C13H18ClFN2O2S.ClH/c1-13(2)8-17(4-3-12(13)16)20(18,19)11-6-9(14)5-10(15)7-11;/h5-7,12H,3-4,8,16H2,1-2H3;1H. The molecule has 1 aliphatic heterocycles. The Labute approximate surface area is 135 Å². The van der Waals surface area contributed by atoms with Gasteiger partial charge in [-0.2, -0.15) is 4.31 Å². The summed E-state index contributed by atoms with van der Waals surface area (Å²) in [5.74, 6) is -0.663. The average molecular weight is 357 g/mol. The Kier molecular flexibility index (Phi) is 5.67. The normalized spacial score (nSPS) is 22.6. The monoisotopic (exact) mass is 356 g/mol. The molecule has 0 spiro atoms. The van der Waals surface area contributed by atoms with Crippen LogP contribution in [0.3, 0.4) is 0 Å². The van der Waals surface area contributed by atoms with Crippen molar-refractivity contribution in [3.63, 3.8) is 0 Å². The van der Waals surface area contributed by atoms with Crippen molar-refractivity contribution in [2.45, 2.75) is 31.2 Å². The summed E-state index contributed by atoms with van der Waals surface area (Å²) in [4.78, 5) is -0.117. The van der Waals surface area contributed by atoms with Gasteiger partial charge >= 0.3 is 0 Å². The number of rotatable bonds is 2. The van der Waals surface area contributed by atoms with Crippen LogP contribution in [0.1, 0.15) is 20.3 Å². The van der Waals surface area contributed by atoms with E-state index in [4.69, 9.17) is 17.3 Å². The maximum atomic E-state index is 13.4. The lowest BCUT2D eigenvalue weighted by Gasteiger charge is -2.41. The first-order chi connectivity index (χ1) is 9.13.